The van der Waals surface area contributed by atoms with E-state index in [0.717, 1.165) is 64.5 Å². The maximum absolute atomic E-state index is 12.6. The molecule has 1 aliphatic heterocycles. The number of ether oxygens (including phenoxy) is 1. The Morgan fingerprint density at radius 2 is 1.57 bits per heavy atom. The Bertz CT molecular complexity index is 642. The molecule has 0 amide bonds. The molecular formula is C23H31N3O2. The Labute approximate surface area is 167 Å². The van der Waals surface area contributed by atoms with E-state index >= 15 is 0 Å². The molecule has 3 rings (SSSR count). The predicted molar refractivity (Wildman–Crippen MR) is 110 cm³/mol. The minimum Gasteiger partial charge on any atom is -0.462 e. The summed E-state index contributed by atoms with van der Waals surface area (Å²) in [5.41, 5.74) is 2.47. The minimum absolute atomic E-state index is 0.00396. The summed E-state index contributed by atoms with van der Waals surface area (Å²) < 4.78 is 5.97. The van der Waals surface area contributed by atoms with Crippen molar-refractivity contribution >= 4 is 5.97 Å². The highest BCUT2D eigenvalue weighted by Crippen LogP contribution is 2.19. The summed E-state index contributed by atoms with van der Waals surface area (Å²) >= 11 is 0. The standard InChI is InChI=1S/C23H31N3O2/c27-23(21-11-15-24-16-12-21)28-22(9-1-5-19-7-3-13-25-17-19)10-2-6-20-8-4-14-26-18-20/h3-4,7-8,13-14,17-18,21-22,24H,1-2,5-6,9-12,15-16H2. The van der Waals surface area contributed by atoms with Crippen LogP contribution in [-0.2, 0) is 22.4 Å². The van der Waals surface area contributed by atoms with Crippen molar-refractivity contribution in [3.63, 3.8) is 0 Å². The maximum Gasteiger partial charge on any atom is 0.309 e. The second-order valence-electron chi connectivity index (χ2n) is 7.59. The Morgan fingerprint density at radius 1 is 1.00 bits per heavy atom. The van der Waals surface area contributed by atoms with Gasteiger partial charge in [-0.3, -0.25) is 14.8 Å². The molecule has 3 heterocycles. The molecule has 0 saturated carbocycles. The summed E-state index contributed by atoms with van der Waals surface area (Å²) in [5, 5.41) is 3.31. The molecule has 28 heavy (non-hydrogen) atoms. The molecule has 1 saturated heterocycles. The van der Waals surface area contributed by atoms with Gasteiger partial charge >= 0.3 is 5.97 Å². The normalized spacial score (nSPS) is 14.9. The van der Waals surface area contributed by atoms with E-state index in [1.807, 2.05) is 24.5 Å². The second kappa shape index (κ2) is 11.5. The number of nitrogens with zero attached hydrogens (tertiary/aromatic N) is 2. The molecule has 1 fully saturated rings. The van der Waals surface area contributed by atoms with Gasteiger partial charge in [0.2, 0.25) is 0 Å². The van der Waals surface area contributed by atoms with Gasteiger partial charge in [0.1, 0.15) is 6.10 Å². The first-order valence-corrected chi connectivity index (χ1v) is 10.5. The summed E-state index contributed by atoms with van der Waals surface area (Å²) in [7, 11) is 0. The van der Waals surface area contributed by atoms with Gasteiger partial charge in [-0.15, -0.1) is 0 Å². The highest BCUT2D eigenvalue weighted by Gasteiger charge is 2.25. The lowest BCUT2D eigenvalue weighted by Crippen LogP contribution is -2.34. The van der Waals surface area contributed by atoms with Crippen LogP contribution in [0.5, 0.6) is 0 Å². The first kappa shape index (κ1) is 20.5. The Balaban J connectivity index is 1.49. The number of carbonyl (C=O) groups is 1. The molecule has 2 aromatic rings. The fourth-order valence-electron chi connectivity index (χ4n) is 3.74. The summed E-state index contributed by atoms with van der Waals surface area (Å²) in [4.78, 5) is 21.0. The molecule has 5 nitrogen and oxygen atoms in total. The number of aromatic nitrogens is 2. The molecule has 5 heteroatoms. The van der Waals surface area contributed by atoms with Crippen molar-refractivity contribution in [3.8, 4) is 0 Å². The van der Waals surface area contributed by atoms with Gasteiger partial charge in [0.05, 0.1) is 5.92 Å². The molecule has 0 spiro atoms. The zero-order valence-electron chi connectivity index (χ0n) is 16.6. The highest BCUT2D eigenvalue weighted by molar-refractivity contribution is 5.72. The highest BCUT2D eigenvalue weighted by atomic mass is 16.5. The molecule has 0 aliphatic carbocycles. The van der Waals surface area contributed by atoms with Crippen LogP contribution in [0.1, 0.15) is 49.7 Å². The quantitative estimate of drug-likeness (QED) is 0.635. The number of piperidine rings is 1. The van der Waals surface area contributed by atoms with Crippen LogP contribution in [0, 0.1) is 5.92 Å². The average molecular weight is 382 g/mol. The minimum atomic E-state index is -0.00532. The van der Waals surface area contributed by atoms with Gasteiger partial charge in [-0.2, -0.15) is 0 Å². The number of esters is 1. The topological polar surface area (TPSA) is 64.1 Å². The third kappa shape index (κ3) is 7.04. The van der Waals surface area contributed by atoms with Crippen molar-refractivity contribution < 1.29 is 9.53 Å². The molecule has 0 bridgehead atoms. The van der Waals surface area contributed by atoms with Gasteiger partial charge in [0.25, 0.3) is 0 Å². The van der Waals surface area contributed by atoms with E-state index in [-0.39, 0.29) is 18.0 Å². The van der Waals surface area contributed by atoms with Gasteiger partial charge in [-0.25, -0.2) is 0 Å². The van der Waals surface area contributed by atoms with Crippen molar-refractivity contribution in [2.75, 3.05) is 13.1 Å². The summed E-state index contributed by atoms with van der Waals surface area (Å²) in [6.07, 6.45) is 14.9. The first-order chi connectivity index (χ1) is 13.8. The van der Waals surface area contributed by atoms with E-state index in [1.54, 1.807) is 12.4 Å². The fraction of sp³-hybridized carbons (Fsp3) is 0.522. The molecule has 1 aliphatic rings. The Morgan fingerprint density at radius 3 is 2.07 bits per heavy atom. The van der Waals surface area contributed by atoms with Crippen LogP contribution in [0.25, 0.3) is 0 Å². The maximum atomic E-state index is 12.6. The van der Waals surface area contributed by atoms with E-state index < -0.39 is 0 Å². The van der Waals surface area contributed by atoms with Gasteiger partial charge in [-0.05, 0) is 87.7 Å². The molecule has 150 valence electrons. The Kier molecular flexibility index (Phi) is 8.44. The monoisotopic (exact) mass is 381 g/mol. The molecule has 0 radical (unpaired) electrons. The van der Waals surface area contributed by atoms with Crippen molar-refractivity contribution in [2.24, 2.45) is 5.92 Å². The van der Waals surface area contributed by atoms with Crippen LogP contribution in [0.15, 0.2) is 49.1 Å². The zero-order valence-corrected chi connectivity index (χ0v) is 16.6. The van der Waals surface area contributed by atoms with E-state index in [2.05, 4.69) is 27.4 Å². The van der Waals surface area contributed by atoms with Crippen LogP contribution in [0.2, 0.25) is 0 Å². The number of rotatable bonds is 10. The summed E-state index contributed by atoms with van der Waals surface area (Å²) in [5.74, 6) is 0.0506. The molecular weight excluding hydrogens is 350 g/mol. The predicted octanol–water partition coefficient (Wildman–Crippen LogP) is 3.73. The summed E-state index contributed by atoms with van der Waals surface area (Å²) in [6, 6.07) is 8.15. The largest absolute Gasteiger partial charge is 0.462 e. The van der Waals surface area contributed by atoms with Gasteiger partial charge < -0.3 is 10.1 Å². The van der Waals surface area contributed by atoms with Gasteiger partial charge in [0.15, 0.2) is 0 Å². The second-order valence-corrected chi connectivity index (χ2v) is 7.59. The lowest BCUT2D eigenvalue weighted by Gasteiger charge is -2.25. The average Bonchev–Trinajstić information content (AvgIpc) is 2.75. The third-order valence-electron chi connectivity index (χ3n) is 5.38. The van der Waals surface area contributed by atoms with E-state index in [4.69, 9.17) is 4.74 Å². The smallest absolute Gasteiger partial charge is 0.309 e. The van der Waals surface area contributed by atoms with Gasteiger partial charge in [-0.1, -0.05) is 12.1 Å². The van der Waals surface area contributed by atoms with Crippen LogP contribution in [-0.4, -0.2) is 35.1 Å². The van der Waals surface area contributed by atoms with Crippen molar-refractivity contribution in [3.05, 3.63) is 60.2 Å². The number of aryl methyl sites for hydroxylation is 2. The van der Waals surface area contributed by atoms with Crippen LogP contribution >= 0.6 is 0 Å². The molecule has 0 atom stereocenters. The zero-order chi connectivity index (χ0) is 19.4. The van der Waals surface area contributed by atoms with Crippen LogP contribution in [0.4, 0.5) is 0 Å². The number of nitrogens with one attached hydrogen (secondary N) is 1. The van der Waals surface area contributed by atoms with Crippen molar-refractivity contribution in [1.82, 2.24) is 15.3 Å². The third-order valence-corrected chi connectivity index (χ3v) is 5.38. The molecule has 1 N–H and O–H groups in total. The number of hydrogen-bond donors (Lipinski definition) is 1. The van der Waals surface area contributed by atoms with Crippen molar-refractivity contribution in [1.29, 1.82) is 0 Å². The summed E-state index contributed by atoms with van der Waals surface area (Å²) in [6.45, 7) is 1.82. The lowest BCUT2D eigenvalue weighted by molar-refractivity contribution is -0.155. The molecule has 0 unspecified atom stereocenters. The fourth-order valence-corrected chi connectivity index (χ4v) is 3.74. The van der Waals surface area contributed by atoms with Crippen LogP contribution in [0.3, 0.4) is 0 Å². The van der Waals surface area contributed by atoms with E-state index in [9.17, 15) is 4.79 Å². The van der Waals surface area contributed by atoms with Gasteiger partial charge in [0, 0.05) is 24.8 Å². The van der Waals surface area contributed by atoms with E-state index in [0.29, 0.717) is 0 Å². The molecule has 2 aromatic heterocycles. The first-order valence-electron chi connectivity index (χ1n) is 10.5. The van der Waals surface area contributed by atoms with E-state index in [1.165, 1.54) is 11.1 Å². The number of hydrogen-bond acceptors (Lipinski definition) is 5. The lowest BCUT2D eigenvalue weighted by atomic mass is 9.97. The molecule has 0 aromatic carbocycles. The Hall–Kier alpha value is -2.27. The number of pyridine rings is 2. The SMILES string of the molecule is O=C(OC(CCCc1cccnc1)CCCc1cccnc1)C1CCNCC1. The number of carbonyl (C=O) groups excluding carboxylic acids is 1. The van der Waals surface area contributed by atoms with Crippen molar-refractivity contribution in [2.45, 2.75) is 57.5 Å². The van der Waals surface area contributed by atoms with Crippen LogP contribution < -0.4 is 5.32 Å².